The number of hydrogen-bond acceptors (Lipinski definition) is 11. The fourth-order valence-corrected chi connectivity index (χ4v) is 5.66. The van der Waals surface area contributed by atoms with E-state index in [1.54, 1.807) is 0 Å². The van der Waals surface area contributed by atoms with Gasteiger partial charge in [0.15, 0.2) is 23.0 Å². The number of hydrogen-bond donors (Lipinski definition) is 9. The Kier molecular flexibility index (Phi) is 6.04. The van der Waals surface area contributed by atoms with Crippen LogP contribution >= 0.6 is 0 Å². The fourth-order valence-electron chi connectivity index (χ4n) is 5.66. The predicted molar refractivity (Wildman–Crippen MR) is 142 cm³/mol. The molecule has 0 unspecified atom stereocenters. The Morgan fingerprint density at radius 1 is 0.585 bits per heavy atom. The van der Waals surface area contributed by atoms with Crippen LogP contribution in [0.5, 0.6) is 57.5 Å². The molecule has 0 amide bonds. The predicted octanol–water partition coefficient (Wildman–Crippen LogP) is 4.02. The lowest BCUT2D eigenvalue weighted by Gasteiger charge is -2.36. The summed E-state index contributed by atoms with van der Waals surface area (Å²) in [5.74, 6) is -3.52. The van der Waals surface area contributed by atoms with Gasteiger partial charge in [-0.1, -0.05) is 12.1 Å². The number of aromatic hydroxyl groups is 8. The van der Waals surface area contributed by atoms with Crippen LogP contribution in [0.1, 0.15) is 52.4 Å². The minimum Gasteiger partial charge on any atom is -0.508 e. The van der Waals surface area contributed by atoms with Crippen LogP contribution in [0.2, 0.25) is 0 Å². The second kappa shape index (κ2) is 9.49. The molecule has 0 saturated heterocycles. The number of phenolic OH excluding ortho intramolecular Hbond substituents is 8. The molecule has 4 aromatic rings. The summed E-state index contributed by atoms with van der Waals surface area (Å²) in [6.45, 7) is 0. The lowest BCUT2D eigenvalue weighted by atomic mass is 9.79. The zero-order valence-corrected chi connectivity index (χ0v) is 21.3. The van der Waals surface area contributed by atoms with Gasteiger partial charge in [0.25, 0.3) is 0 Å². The first kappa shape index (κ1) is 26.1. The Morgan fingerprint density at radius 2 is 1.22 bits per heavy atom. The van der Waals surface area contributed by atoms with E-state index in [1.165, 1.54) is 48.5 Å². The molecule has 0 aromatic heterocycles. The average molecular weight is 563 g/mol. The first-order chi connectivity index (χ1) is 19.5. The molecular formula is C30H26O11. The highest BCUT2D eigenvalue weighted by Crippen LogP contribution is 2.56. The molecule has 41 heavy (non-hydrogen) atoms. The molecule has 6 rings (SSSR count). The standard InChI is InChI=1S/C30H26O11/c31-14-7-21(36)27-16(10-24(40-26(27)8-14)12-1-3-17(32)19(34)5-12)28-22(37)11-25-15(29(28)39)9-23(38)30(41-25)13-2-4-18(33)20(35)6-13/h1-8,11,16,23-24,30-39H,9-10H2/t16-,23-,24+,30-/m1/s1. The lowest BCUT2D eigenvalue weighted by molar-refractivity contribution is 0.0195. The highest BCUT2D eigenvalue weighted by atomic mass is 16.5. The number of aliphatic hydroxyl groups is 1. The van der Waals surface area contributed by atoms with Gasteiger partial charge in [-0.3, -0.25) is 0 Å². The number of benzene rings is 4. The van der Waals surface area contributed by atoms with Crippen molar-refractivity contribution in [1.82, 2.24) is 0 Å². The van der Waals surface area contributed by atoms with Crippen LogP contribution < -0.4 is 9.47 Å². The van der Waals surface area contributed by atoms with E-state index in [9.17, 15) is 46.0 Å². The van der Waals surface area contributed by atoms with Crippen LogP contribution in [0.15, 0.2) is 54.6 Å². The molecular weight excluding hydrogens is 536 g/mol. The zero-order chi connectivity index (χ0) is 29.2. The molecule has 9 N–H and O–H groups in total. The quantitative estimate of drug-likeness (QED) is 0.163. The summed E-state index contributed by atoms with van der Waals surface area (Å²) in [7, 11) is 0. The third-order valence-electron chi connectivity index (χ3n) is 7.62. The van der Waals surface area contributed by atoms with Crippen molar-refractivity contribution in [1.29, 1.82) is 0 Å². The van der Waals surface area contributed by atoms with Crippen molar-refractivity contribution in [2.75, 3.05) is 0 Å². The Hall–Kier alpha value is -5.16. The Bertz CT molecular complexity index is 1680. The number of fused-ring (bicyclic) bond motifs is 2. The SMILES string of the molecule is Oc1cc(O)c2c(c1)O[C@H](c1ccc(O)c(O)c1)C[C@H]2c1c(O)cc2c(c1O)C[C@@H](O)[C@@H](c1ccc(O)c(O)c1)O2. The van der Waals surface area contributed by atoms with Gasteiger partial charge in [-0.25, -0.2) is 0 Å². The number of aliphatic hydroxyl groups excluding tert-OH is 1. The molecule has 11 heteroatoms. The monoisotopic (exact) mass is 562 g/mol. The summed E-state index contributed by atoms with van der Waals surface area (Å²) in [6.07, 6.45) is -2.96. The van der Waals surface area contributed by atoms with Gasteiger partial charge in [-0.2, -0.15) is 0 Å². The lowest BCUT2D eigenvalue weighted by Crippen LogP contribution is -2.30. The minimum atomic E-state index is -1.17. The molecule has 0 bridgehead atoms. The van der Waals surface area contributed by atoms with Crippen LogP contribution in [0.3, 0.4) is 0 Å². The average Bonchev–Trinajstić information content (AvgIpc) is 2.91. The van der Waals surface area contributed by atoms with E-state index in [-0.39, 0.29) is 81.3 Å². The van der Waals surface area contributed by atoms with Gasteiger partial charge in [-0.15, -0.1) is 0 Å². The number of ether oxygens (including phenoxy) is 2. The Balaban J connectivity index is 1.44. The Morgan fingerprint density at radius 3 is 1.90 bits per heavy atom. The highest BCUT2D eigenvalue weighted by molar-refractivity contribution is 5.64. The molecule has 4 aromatic carbocycles. The van der Waals surface area contributed by atoms with E-state index in [1.807, 2.05) is 0 Å². The van der Waals surface area contributed by atoms with Crippen molar-refractivity contribution in [2.24, 2.45) is 0 Å². The molecule has 11 nitrogen and oxygen atoms in total. The summed E-state index contributed by atoms with van der Waals surface area (Å²) in [5.41, 5.74) is 1.25. The van der Waals surface area contributed by atoms with Crippen molar-refractivity contribution in [3.05, 3.63) is 82.4 Å². The van der Waals surface area contributed by atoms with Gasteiger partial charge < -0.3 is 55.4 Å². The Labute approximate surface area is 232 Å². The van der Waals surface area contributed by atoms with Crippen LogP contribution in [0.25, 0.3) is 0 Å². The highest BCUT2D eigenvalue weighted by Gasteiger charge is 2.40. The van der Waals surface area contributed by atoms with Crippen molar-refractivity contribution >= 4 is 0 Å². The summed E-state index contributed by atoms with van der Waals surface area (Å²) in [6, 6.07) is 11.8. The first-order valence-electron chi connectivity index (χ1n) is 12.7. The summed E-state index contributed by atoms with van der Waals surface area (Å²) < 4.78 is 12.0. The van der Waals surface area contributed by atoms with E-state index >= 15 is 0 Å². The largest absolute Gasteiger partial charge is 0.508 e. The molecule has 0 radical (unpaired) electrons. The maximum absolute atomic E-state index is 11.5. The minimum absolute atomic E-state index is 0.0267. The van der Waals surface area contributed by atoms with Crippen LogP contribution in [0.4, 0.5) is 0 Å². The zero-order valence-electron chi connectivity index (χ0n) is 21.3. The molecule has 4 atom stereocenters. The maximum atomic E-state index is 11.5. The number of rotatable bonds is 3. The van der Waals surface area contributed by atoms with E-state index in [0.29, 0.717) is 11.1 Å². The number of phenols is 8. The van der Waals surface area contributed by atoms with Crippen LogP contribution in [0, 0.1) is 0 Å². The molecule has 0 saturated carbocycles. The topological polar surface area (TPSA) is 201 Å². The second-order valence-electron chi connectivity index (χ2n) is 10.2. The molecule has 2 aliphatic rings. The van der Waals surface area contributed by atoms with Gasteiger partial charge in [0.1, 0.15) is 46.7 Å². The van der Waals surface area contributed by atoms with E-state index in [4.69, 9.17) is 9.47 Å². The van der Waals surface area contributed by atoms with Gasteiger partial charge in [0, 0.05) is 53.6 Å². The van der Waals surface area contributed by atoms with Crippen molar-refractivity contribution in [2.45, 2.75) is 37.1 Å². The van der Waals surface area contributed by atoms with Gasteiger partial charge in [-0.05, 0) is 35.4 Å². The van der Waals surface area contributed by atoms with Crippen LogP contribution in [-0.4, -0.2) is 52.1 Å². The van der Waals surface area contributed by atoms with Crippen molar-refractivity contribution < 1.29 is 55.4 Å². The maximum Gasteiger partial charge on any atom is 0.157 e. The molecule has 0 fully saturated rings. The molecule has 2 aliphatic heterocycles. The second-order valence-corrected chi connectivity index (χ2v) is 10.2. The summed E-state index contributed by atoms with van der Waals surface area (Å²) in [5, 5.41) is 93.8. The molecule has 0 spiro atoms. The molecule has 0 aliphatic carbocycles. The van der Waals surface area contributed by atoms with Crippen molar-refractivity contribution in [3.8, 4) is 57.5 Å². The summed E-state index contributed by atoms with van der Waals surface area (Å²) >= 11 is 0. The first-order valence-corrected chi connectivity index (χ1v) is 12.7. The van der Waals surface area contributed by atoms with E-state index in [0.717, 1.165) is 6.07 Å². The smallest absolute Gasteiger partial charge is 0.157 e. The van der Waals surface area contributed by atoms with Crippen LogP contribution in [-0.2, 0) is 6.42 Å². The molecule has 2 heterocycles. The fraction of sp³-hybridized carbons (Fsp3) is 0.200. The van der Waals surface area contributed by atoms with E-state index < -0.39 is 30.0 Å². The normalized spacial score (nSPS) is 21.3. The summed E-state index contributed by atoms with van der Waals surface area (Å²) in [4.78, 5) is 0. The van der Waals surface area contributed by atoms with Crippen molar-refractivity contribution in [3.63, 3.8) is 0 Å². The molecule has 212 valence electrons. The van der Waals surface area contributed by atoms with Gasteiger partial charge in [0.05, 0.1) is 6.10 Å². The van der Waals surface area contributed by atoms with E-state index in [2.05, 4.69) is 0 Å². The van der Waals surface area contributed by atoms with Gasteiger partial charge >= 0.3 is 0 Å². The third-order valence-corrected chi connectivity index (χ3v) is 7.62. The third kappa shape index (κ3) is 4.36. The van der Waals surface area contributed by atoms with Gasteiger partial charge in [0.2, 0.25) is 0 Å².